The average Bonchev–Trinajstić information content (AvgIpc) is 2.69. The number of aryl methyl sites for hydroxylation is 1. The first-order chi connectivity index (χ1) is 8.95. The molecule has 1 aromatic heterocycles. The molecule has 19 heavy (non-hydrogen) atoms. The Hall–Kier alpha value is -1.95. The number of anilines is 1. The molecule has 0 amide bonds. The van der Waals surface area contributed by atoms with E-state index in [0.717, 1.165) is 17.7 Å². The number of benzene rings is 1. The summed E-state index contributed by atoms with van der Waals surface area (Å²) in [6.07, 6.45) is 3.64. The number of nitrogens with zero attached hydrogens (tertiary/aromatic N) is 3. The first-order valence-electron chi connectivity index (χ1n) is 5.85. The predicted molar refractivity (Wildman–Crippen MR) is 69.1 cm³/mol. The summed E-state index contributed by atoms with van der Waals surface area (Å²) < 4.78 is 28.3. The normalized spacial score (nSPS) is 11.2. The van der Waals surface area contributed by atoms with Crippen LogP contribution in [0.3, 0.4) is 0 Å². The second-order valence-corrected chi connectivity index (χ2v) is 4.65. The highest BCUT2D eigenvalue weighted by molar-refractivity contribution is 5.47. The number of halogens is 2. The van der Waals surface area contributed by atoms with E-state index in [1.54, 1.807) is 10.9 Å². The number of hydrogen-bond donors (Lipinski definition) is 1. The molecular formula is C13H16F2N4. The molecule has 0 spiro atoms. The molecule has 0 saturated carbocycles. The molecule has 6 heteroatoms. The van der Waals surface area contributed by atoms with Crippen molar-refractivity contribution in [2.24, 2.45) is 7.05 Å². The van der Waals surface area contributed by atoms with Gasteiger partial charge in [-0.25, -0.2) is 8.78 Å². The van der Waals surface area contributed by atoms with E-state index in [2.05, 4.69) is 5.10 Å². The van der Waals surface area contributed by atoms with Crippen molar-refractivity contribution in [3.05, 3.63) is 47.3 Å². The standard InChI is InChI=1S/C13H16F2N4/c1-18(6-9-5-17-19(2)7-9)8-11-12(15)3-10(14)4-13(11)16/h3-5,7H,6,8,16H2,1-2H3. The molecule has 0 aliphatic rings. The van der Waals surface area contributed by atoms with Crippen LogP contribution in [0.1, 0.15) is 11.1 Å². The summed E-state index contributed by atoms with van der Waals surface area (Å²) in [7, 11) is 3.68. The third-order valence-corrected chi connectivity index (χ3v) is 2.83. The Morgan fingerprint density at radius 3 is 2.63 bits per heavy atom. The van der Waals surface area contributed by atoms with Gasteiger partial charge in [0.25, 0.3) is 0 Å². The highest BCUT2D eigenvalue weighted by atomic mass is 19.1. The maximum absolute atomic E-state index is 13.7. The first kappa shape index (κ1) is 13.5. The van der Waals surface area contributed by atoms with Gasteiger partial charge in [0.1, 0.15) is 11.6 Å². The van der Waals surface area contributed by atoms with Crippen LogP contribution in [0.4, 0.5) is 14.5 Å². The van der Waals surface area contributed by atoms with Crippen molar-refractivity contribution in [1.29, 1.82) is 0 Å². The molecule has 0 unspecified atom stereocenters. The van der Waals surface area contributed by atoms with Crippen LogP contribution < -0.4 is 5.73 Å². The lowest BCUT2D eigenvalue weighted by molar-refractivity contribution is 0.314. The van der Waals surface area contributed by atoms with E-state index >= 15 is 0 Å². The van der Waals surface area contributed by atoms with Crippen molar-refractivity contribution in [3.8, 4) is 0 Å². The van der Waals surface area contributed by atoms with E-state index in [1.165, 1.54) is 0 Å². The van der Waals surface area contributed by atoms with Crippen LogP contribution in [0.15, 0.2) is 24.5 Å². The third kappa shape index (κ3) is 3.29. The molecule has 1 aromatic carbocycles. The maximum atomic E-state index is 13.7. The zero-order valence-electron chi connectivity index (χ0n) is 10.9. The van der Waals surface area contributed by atoms with Crippen molar-refractivity contribution in [3.63, 3.8) is 0 Å². The molecule has 0 fully saturated rings. The molecule has 0 radical (unpaired) electrons. The van der Waals surface area contributed by atoms with Gasteiger partial charge >= 0.3 is 0 Å². The Morgan fingerprint density at radius 2 is 2.05 bits per heavy atom. The molecule has 2 aromatic rings. The van der Waals surface area contributed by atoms with Crippen LogP contribution in [0, 0.1) is 11.6 Å². The lowest BCUT2D eigenvalue weighted by Crippen LogP contribution is -2.19. The van der Waals surface area contributed by atoms with Gasteiger partial charge in [0.05, 0.1) is 6.20 Å². The molecule has 2 rings (SSSR count). The second kappa shape index (κ2) is 5.36. The van der Waals surface area contributed by atoms with Crippen molar-refractivity contribution in [1.82, 2.24) is 14.7 Å². The van der Waals surface area contributed by atoms with Crippen LogP contribution in [-0.2, 0) is 20.1 Å². The van der Waals surface area contributed by atoms with Gasteiger partial charge in [-0.15, -0.1) is 0 Å². The molecular weight excluding hydrogens is 250 g/mol. The monoisotopic (exact) mass is 266 g/mol. The lowest BCUT2D eigenvalue weighted by atomic mass is 10.1. The van der Waals surface area contributed by atoms with Crippen molar-refractivity contribution < 1.29 is 8.78 Å². The molecule has 2 N–H and O–H groups in total. The van der Waals surface area contributed by atoms with Crippen molar-refractivity contribution in [2.45, 2.75) is 13.1 Å². The zero-order chi connectivity index (χ0) is 14.0. The van der Waals surface area contributed by atoms with Gasteiger partial charge in [0.15, 0.2) is 0 Å². The fourth-order valence-corrected chi connectivity index (χ4v) is 1.98. The lowest BCUT2D eigenvalue weighted by Gasteiger charge is -2.17. The van der Waals surface area contributed by atoms with E-state index in [1.807, 2.05) is 25.2 Å². The Bertz CT molecular complexity index is 557. The summed E-state index contributed by atoms with van der Waals surface area (Å²) in [6, 6.07) is 1.99. The molecule has 0 atom stereocenters. The minimum absolute atomic E-state index is 0.135. The van der Waals surface area contributed by atoms with Crippen molar-refractivity contribution in [2.75, 3.05) is 12.8 Å². The molecule has 0 saturated heterocycles. The minimum Gasteiger partial charge on any atom is -0.398 e. The predicted octanol–water partition coefficient (Wildman–Crippen LogP) is 1.91. The highest BCUT2D eigenvalue weighted by Gasteiger charge is 2.12. The van der Waals surface area contributed by atoms with Crippen molar-refractivity contribution >= 4 is 5.69 Å². The Balaban J connectivity index is 2.08. The quantitative estimate of drug-likeness (QED) is 0.860. The van der Waals surface area contributed by atoms with Crippen LogP contribution in [0.2, 0.25) is 0 Å². The summed E-state index contributed by atoms with van der Waals surface area (Å²) in [5.41, 5.74) is 7.11. The summed E-state index contributed by atoms with van der Waals surface area (Å²) in [5, 5.41) is 4.07. The molecule has 0 bridgehead atoms. The number of nitrogens with two attached hydrogens (primary N) is 1. The fraction of sp³-hybridized carbons (Fsp3) is 0.308. The number of hydrogen-bond acceptors (Lipinski definition) is 3. The average molecular weight is 266 g/mol. The van der Waals surface area contributed by atoms with Gasteiger partial charge in [-0.3, -0.25) is 9.58 Å². The molecule has 0 aliphatic heterocycles. The smallest absolute Gasteiger partial charge is 0.132 e. The SMILES string of the molecule is CN(Cc1cnn(C)c1)Cc1c(N)cc(F)cc1F. The summed E-state index contributed by atoms with van der Waals surface area (Å²) in [6.45, 7) is 0.928. The number of aromatic nitrogens is 2. The topological polar surface area (TPSA) is 47.1 Å². The van der Waals surface area contributed by atoms with Crippen LogP contribution in [0.5, 0.6) is 0 Å². The number of rotatable bonds is 4. The van der Waals surface area contributed by atoms with E-state index in [9.17, 15) is 8.78 Å². The largest absolute Gasteiger partial charge is 0.398 e. The third-order valence-electron chi connectivity index (χ3n) is 2.83. The van der Waals surface area contributed by atoms with Gasteiger partial charge in [-0.1, -0.05) is 0 Å². The molecule has 0 aliphatic carbocycles. The van der Waals surface area contributed by atoms with Crippen LogP contribution >= 0.6 is 0 Å². The molecule has 1 heterocycles. The highest BCUT2D eigenvalue weighted by Crippen LogP contribution is 2.20. The zero-order valence-corrected chi connectivity index (χ0v) is 10.9. The summed E-state index contributed by atoms with van der Waals surface area (Å²) in [4.78, 5) is 1.89. The second-order valence-electron chi connectivity index (χ2n) is 4.65. The number of nitrogen functional groups attached to an aromatic ring is 1. The maximum Gasteiger partial charge on any atom is 0.132 e. The fourth-order valence-electron chi connectivity index (χ4n) is 1.98. The minimum atomic E-state index is -0.659. The van der Waals surface area contributed by atoms with E-state index in [0.29, 0.717) is 18.7 Å². The Kier molecular flexibility index (Phi) is 3.80. The van der Waals surface area contributed by atoms with Gasteiger partial charge in [-0.05, 0) is 13.1 Å². The van der Waals surface area contributed by atoms with Gasteiger partial charge < -0.3 is 5.73 Å². The first-order valence-corrected chi connectivity index (χ1v) is 5.85. The van der Waals surface area contributed by atoms with Gasteiger partial charge in [0.2, 0.25) is 0 Å². The Labute approximate surface area is 110 Å². The molecule has 102 valence electrons. The van der Waals surface area contributed by atoms with Crippen LogP contribution in [-0.4, -0.2) is 21.7 Å². The van der Waals surface area contributed by atoms with E-state index < -0.39 is 11.6 Å². The van der Waals surface area contributed by atoms with Gasteiger partial charge in [-0.2, -0.15) is 5.10 Å². The summed E-state index contributed by atoms with van der Waals surface area (Å²) >= 11 is 0. The van der Waals surface area contributed by atoms with Gasteiger partial charge in [0, 0.05) is 49.2 Å². The van der Waals surface area contributed by atoms with E-state index in [4.69, 9.17) is 5.73 Å². The van der Waals surface area contributed by atoms with E-state index in [-0.39, 0.29) is 5.69 Å². The Morgan fingerprint density at radius 1 is 1.32 bits per heavy atom. The molecule has 4 nitrogen and oxygen atoms in total. The summed E-state index contributed by atoms with van der Waals surface area (Å²) in [5.74, 6) is -1.27. The van der Waals surface area contributed by atoms with Crippen LogP contribution in [0.25, 0.3) is 0 Å².